The Morgan fingerprint density at radius 2 is 2.03 bits per heavy atom. The van der Waals surface area contributed by atoms with Crippen molar-refractivity contribution in [2.45, 2.75) is 13.5 Å². The van der Waals surface area contributed by atoms with E-state index in [4.69, 9.17) is 0 Å². The minimum Gasteiger partial charge on any atom is -0.307 e. The molecule has 0 bridgehead atoms. The van der Waals surface area contributed by atoms with Crippen LogP contribution in [0.2, 0.25) is 0 Å². The second kappa shape index (κ2) is 7.50. The van der Waals surface area contributed by atoms with Gasteiger partial charge in [0.05, 0.1) is 17.5 Å². The van der Waals surface area contributed by atoms with E-state index < -0.39 is 22.1 Å². The number of aryl methyl sites for hydroxylation is 2. The Morgan fingerprint density at radius 1 is 1.31 bits per heavy atom. The molecule has 0 aliphatic rings. The lowest BCUT2D eigenvalue weighted by molar-refractivity contribution is -0.385. The van der Waals surface area contributed by atoms with Crippen molar-refractivity contribution in [1.29, 1.82) is 0 Å². The Labute approximate surface area is 162 Å². The standard InChI is InChI=1S/C17H17N7O5/c1-10-4-5-11(6-12(10)24(28)29)7-19-20-13(25)8-23-9-18-14-15(23)21(2)17(27)22(3)16(14)26/h4-7,9H,8H2,1-3H3,(H,20,25). The molecule has 1 N–H and O–H groups in total. The molecule has 29 heavy (non-hydrogen) atoms. The SMILES string of the molecule is Cc1ccc(C=NNC(=O)Cn2cnc3c(=O)n(C)c(=O)n(C)c32)cc1[N+](=O)[O-]. The van der Waals surface area contributed by atoms with E-state index in [0.717, 1.165) is 4.57 Å². The molecule has 12 heteroatoms. The van der Waals surface area contributed by atoms with E-state index in [9.17, 15) is 24.5 Å². The quantitative estimate of drug-likeness (QED) is 0.357. The van der Waals surface area contributed by atoms with Gasteiger partial charge in [0, 0.05) is 31.3 Å². The van der Waals surface area contributed by atoms with Crippen LogP contribution in [0.4, 0.5) is 5.69 Å². The highest BCUT2D eigenvalue weighted by Gasteiger charge is 2.15. The number of carbonyl (C=O) groups excluding carboxylic acids is 1. The third kappa shape index (κ3) is 3.67. The summed E-state index contributed by atoms with van der Waals surface area (Å²) in [5.41, 5.74) is 2.40. The Morgan fingerprint density at radius 3 is 2.72 bits per heavy atom. The molecule has 3 rings (SSSR count). The molecule has 0 aliphatic heterocycles. The Balaban J connectivity index is 1.78. The summed E-state index contributed by atoms with van der Waals surface area (Å²) in [7, 11) is 2.82. The van der Waals surface area contributed by atoms with Crippen molar-refractivity contribution >= 4 is 29.0 Å². The number of imidazole rings is 1. The van der Waals surface area contributed by atoms with Gasteiger partial charge in [-0.05, 0) is 6.92 Å². The molecule has 0 unspecified atom stereocenters. The zero-order chi connectivity index (χ0) is 21.3. The molecule has 0 spiro atoms. The Hall–Kier alpha value is -4.09. The number of nitrogens with one attached hydrogen (secondary N) is 1. The molecule has 12 nitrogen and oxygen atoms in total. The van der Waals surface area contributed by atoms with Crippen LogP contribution in [0.25, 0.3) is 11.2 Å². The van der Waals surface area contributed by atoms with Gasteiger partial charge in [-0.1, -0.05) is 12.1 Å². The smallest absolute Gasteiger partial charge is 0.307 e. The summed E-state index contributed by atoms with van der Waals surface area (Å²) in [6.45, 7) is 1.39. The molecular formula is C17H17N7O5. The minimum absolute atomic E-state index is 0.0485. The van der Waals surface area contributed by atoms with Gasteiger partial charge in [-0.25, -0.2) is 15.2 Å². The topological polar surface area (TPSA) is 146 Å². The summed E-state index contributed by atoms with van der Waals surface area (Å²) >= 11 is 0. The zero-order valence-corrected chi connectivity index (χ0v) is 15.8. The fraction of sp³-hybridized carbons (Fsp3) is 0.235. The Bertz CT molecular complexity index is 1280. The highest BCUT2D eigenvalue weighted by atomic mass is 16.6. The van der Waals surface area contributed by atoms with E-state index in [-0.39, 0.29) is 23.4 Å². The largest absolute Gasteiger partial charge is 0.332 e. The van der Waals surface area contributed by atoms with E-state index in [1.165, 1.54) is 41.8 Å². The molecule has 0 fully saturated rings. The average molecular weight is 399 g/mol. The predicted octanol–water partition coefficient (Wildman–Crippen LogP) is -0.199. The number of nitro groups is 1. The number of benzene rings is 1. The maximum absolute atomic E-state index is 12.2. The first kappa shape index (κ1) is 19.7. The van der Waals surface area contributed by atoms with Crippen LogP contribution >= 0.6 is 0 Å². The number of rotatable bonds is 5. The second-order valence-corrected chi connectivity index (χ2v) is 6.35. The first-order chi connectivity index (χ1) is 13.7. The first-order valence-corrected chi connectivity index (χ1v) is 8.38. The normalized spacial score (nSPS) is 11.3. The molecule has 1 amide bonds. The number of fused-ring (bicyclic) bond motifs is 1. The zero-order valence-electron chi connectivity index (χ0n) is 15.8. The van der Waals surface area contributed by atoms with Crippen LogP contribution in [0.15, 0.2) is 39.2 Å². The molecule has 2 heterocycles. The number of carbonyl (C=O) groups is 1. The Kier molecular flexibility index (Phi) is 5.08. The predicted molar refractivity (Wildman–Crippen MR) is 104 cm³/mol. The van der Waals surface area contributed by atoms with Gasteiger partial charge in [0.25, 0.3) is 17.2 Å². The van der Waals surface area contributed by atoms with Gasteiger partial charge in [0.2, 0.25) is 0 Å². The van der Waals surface area contributed by atoms with Gasteiger partial charge in [0.1, 0.15) is 12.2 Å². The van der Waals surface area contributed by atoms with Crippen LogP contribution in [0.5, 0.6) is 0 Å². The lowest BCUT2D eigenvalue weighted by Gasteiger charge is -2.07. The molecule has 2 aromatic heterocycles. The number of hydrogen-bond acceptors (Lipinski definition) is 7. The van der Waals surface area contributed by atoms with E-state index >= 15 is 0 Å². The third-order valence-electron chi connectivity index (χ3n) is 4.36. The van der Waals surface area contributed by atoms with E-state index in [1.807, 2.05) is 0 Å². The van der Waals surface area contributed by atoms with Crippen molar-refractivity contribution in [3.8, 4) is 0 Å². The first-order valence-electron chi connectivity index (χ1n) is 8.38. The fourth-order valence-electron chi connectivity index (χ4n) is 2.83. The van der Waals surface area contributed by atoms with Gasteiger partial charge >= 0.3 is 5.69 Å². The number of aromatic nitrogens is 4. The van der Waals surface area contributed by atoms with Crippen LogP contribution in [0.3, 0.4) is 0 Å². The fourth-order valence-corrected chi connectivity index (χ4v) is 2.83. The number of hydrazone groups is 1. The highest BCUT2D eigenvalue weighted by molar-refractivity contribution is 5.84. The number of nitrogens with zero attached hydrogens (tertiary/aromatic N) is 6. The summed E-state index contributed by atoms with van der Waals surface area (Å²) in [5, 5.41) is 14.8. The molecule has 3 aromatic rings. The van der Waals surface area contributed by atoms with Gasteiger partial charge in [-0.2, -0.15) is 5.10 Å². The van der Waals surface area contributed by atoms with E-state index in [2.05, 4.69) is 15.5 Å². The van der Waals surface area contributed by atoms with Crippen LogP contribution in [-0.4, -0.2) is 35.7 Å². The van der Waals surface area contributed by atoms with Crippen LogP contribution in [0.1, 0.15) is 11.1 Å². The summed E-state index contributed by atoms with van der Waals surface area (Å²) in [6, 6.07) is 4.56. The summed E-state index contributed by atoms with van der Waals surface area (Å²) < 4.78 is 3.52. The number of amides is 1. The molecular weight excluding hydrogens is 382 g/mol. The van der Waals surface area contributed by atoms with Gasteiger partial charge in [-0.15, -0.1) is 0 Å². The summed E-state index contributed by atoms with van der Waals surface area (Å²) in [4.78, 5) is 50.8. The maximum atomic E-state index is 12.2. The van der Waals surface area contributed by atoms with E-state index in [1.54, 1.807) is 19.1 Å². The van der Waals surface area contributed by atoms with Crippen LogP contribution in [0, 0.1) is 17.0 Å². The molecule has 0 saturated carbocycles. The van der Waals surface area contributed by atoms with Crippen LogP contribution < -0.4 is 16.7 Å². The lowest BCUT2D eigenvalue weighted by Crippen LogP contribution is -2.37. The average Bonchev–Trinajstić information content (AvgIpc) is 3.09. The molecule has 0 radical (unpaired) electrons. The number of nitro benzene ring substituents is 1. The maximum Gasteiger partial charge on any atom is 0.332 e. The summed E-state index contributed by atoms with van der Waals surface area (Å²) in [6.07, 6.45) is 2.57. The molecule has 1 aromatic carbocycles. The van der Waals surface area contributed by atoms with Crippen molar-refractivity contribution in [3.63, 3.8) is 0 Å². The summed E-state index contributed by atoms with van der Waals surface area (Å²) in [5.74, 6) is -0.532. The third-order valence-corrected chi connectivity index (χ3v) is 4.36. The minimum atomic E-state index is -0.554. The highest BCUT2D eigenvalue weighted by Crippen LogP contribution is 2.18. The van der Waals surface area contributed by atoms with E-state index in [0.29, 0.717) is 11.1 Å². The van der Waals surface area contributed by atoms with Gasteiger partial charge in [0.15, 0.2) is 5.52 Å². The van der Waals surface area contributed by atoms with Crippen LogP contribution in [-0.2, 0) is 25.4 Å². The van der Waals surface area contributed by atoms with Gasteiger partial charge < -0.3 is 4.57 Å². The van der Waals surface area contributed by atoms with Crippen molar-refractivity contribution in [3.05, 3.63) is 66.6 Å². The molecule has 150 valence electrons. The van der Waals surface area contributed by atoms with Crippen molar-refractivity contribution in [2.75, 3.05) is 0 Å². The lowest BCUT2D eigenvalue weighted by atomic mass is 10.1. The molecule has 0 saturated heterocycles. The van der Waals surface area contributed by atoms with Gasteiger partial charge in [-0.3, -0.25) is 28.8 Å². The van der Waals surface area contributed by atoms with Crippen molar-refractivity contribution in [1.82, 2.24) is 24.1 Å². The monoisotopic (exact) mass is 399 g/mol. The molecule has 0 atom stereocenters. The number of hydrogen-bond donors (Lipinski definition) is 1. The molecule has 0 aliphatic carbocycles. The van der Waals surface area contributed by atoms with Crippen molar-refractivity contribution < 1.29 is 9.72 Å². The second-order valence-electron chi connectivity index (χ2n) is 6.35. The van der Waals surface area contributed by atoms with Crippen molar-refractivity contribution in [2.24, 2.45) is 19.2 Å².